The molecule has 2 aromatic heterocycles. The lowest BCUT2D eigenvalue weighted by Crippen LogP contribution is -2.47. The zero-order valence-corrected chi connectivity index (χ0v) is 15.1. The van der Waals surface area contributed by atoms with Crippen LogP contribution in [0.3, 0.4) is 0 Å². The highest BCUT2D eigenvalue weighted by molar-refractivity contribution is 5.75. The van der Waals surface area contributed by atoms with Crippen molar-refractivity contribution in [2.45, 2.75) is 6.42 Å². The summed E-state index contributed by atoms with van der Waals surface area (Å²) in [7, 11) is 0. The van der Waals surface area contributed by atoms with Crippen LogP contribution in [0.25, 0.3) is 11.0 Å². The lowest BCUT2D eigenvalue weighted by Gasteiger charge is -2.35. The molecule has 0 spiro atoms. The summed E-state index contributed by atoms with van der Waals surface area (Å²) in [5.41, 5.74) is 1.70. The molecule has 4 rings (SSSR count). The average Bonchev–Trinajstić information content (AvgIpc) is 2.72. The fraction of sp³-hybridized carbons (Fsp3) is 0.350. The first-order chi connectivity index (χ1) is 13.3. The number of benzene rings is 1. The number of rotatable bonds is 6. The highest BCUT2D eigenvalue weighted by Crippen LogP contribution is 2.18. The van der Waals surface area contributed by atoms with Crippen LogP contribution in [0.2, 0.25) is 0 Å². The first-order valence-electron chi connectivity index (χ1n) is 9.20. The number of fused-ring (bicyclic) bond motifs is 1. The Morgan fingerprint density at radius 3 is 2.44 bits per heavy atom. The molecular weight excluding hydrogens is 345 g/mol. The number of pyridine rings is 1. The quantitative estimate of drug-likeness (QED) is 0.625. The van der Waals surface area contributed by atoms with Gasteiger partial charge in [-0.05, 0) is 30.7 Å². The van der Waals surface area contributed by atoms with Gasteiger partial charge in [0.25, 0.3) is 0 Å². The van der Waals surface area contributed by atoms with Gasteiger partial charge in [0.1, 0.15) is 22.9 Å². The van der Waals surface area contributed by atoms with E-state index in [2.05, 4.69) is 24.8 Å². The van der Waals surface area contributed by atoms with Gasteiger partial charge in [0, 0.05) is 51.2 Å². The van der Waals surface area contributed by atoms with Gasteiger partial charge < -0.3 is 9.64 Å². The second-order valence-electron chi connectivity index (χ2n) is 6.57. The minimum absolute atomic E-state index is 0.242. The first-order valence-corrected chi connectivity index (χ1v) is 9.20. The molecule has 0 atom stereocenters. The minimum atomic E-state index is -0.242. The van der Waals surface area contributed by atoms with Gasteiger partial charge in [-0.3, -0.25) is 14.9 Å². The van der Waals surface area contributed by atoms with Crippen molar-refractivity contribution in [3.05, 3.63) is 54.7 Å². The number of hydrogen-bond acceptors (Lipinski definition) is 6. The minimum Gasteiger partial charge on any atom is -0.494 e. The molecule has 0 saturated carbocycles. The van der Waals surface area contributed by atoms with E-state index in [9.17, 15) is 4.39 Å². The first kappa shape index (κ1) is 17.6. The molecule has 0 radical (unpaired) electrons. The Hall–Kier alpha value is -2.80. The van der Waals surface area contributed by atoms with Gasteiger partial charge in [-0.15, -0.1) is 0 Å². The molecule has 140 valence electrons. The molecular formula is C20H22FN5O. The van der Waals surface area contributed by atoms with Crippen LogP contribution in [0, 0.1) is 5.82 Å². The Labute approximate surface area is 157 Å². The molecule has 1 aliphatic heterocycles. The van der Waals surface area contributed by atoms with Gasteiger partial charge >= 0.3 is 0 Å². The second kappa shape index (κ2) is 8.26. The van der Waals surface area contributed by atoms with Gasteiger partial charge in [-0.1, -0.05) is 0 Å². The van der Waals surface area contributed by atoms with E-state index in [0.29, 0.717) is 12.4 Å². The lowest BCUT2D eigenvalue weighted by atomic mass is 10.2. The van der Waals surface area contributed by atoms with Crippen LogP contribution in [-0.4, -0.2) is 59.2 Å². The van der Waals surface area contributed by atoms with E-state index in [1.807, 2.05) is 6.07 Å². The average molecular weight is 367 g/mol. The predicted molar refractivity (Wildman–Crippen MR) is 102 cm³/mol. The van der Waals surface area contributed by atoms with E-state index in [0.717, 1.165) is 56.0 Å². The highest BCUT2D eigenvalue weighted by Gasteiger charge is 2.18. The molecule has 0 amide bonds. The number of halogens is 1. The van der Waals surface area contributed by atoms with Gasteiger partial charge in [0.2, 0.25) is 0 Å². The fourth-order valence-electron chi connectivity index (χ4n) is 3.24. The maximum absolute atomic E-state index is 12.9. The standard InChI is InChI=1S/C20H22FN5O/c21-16-2-4-17(5-3-16)27-13-1-8-25-9-11-26(12-10-25)20-14-18-19(15-24-20)23-7-6-22-18/h2-7,14-15H,1,8-13H2. The number of ether oxygens (including phenoxy) is 1. The van der Waals surface area contributed by atoms with Crippen LogP contribution < -0.4 is 9.64 Å². The molecule has 27 heavy (non-hydrogen) atoms. The maximum Gasteiger partial charge on any atom is 0.130 e. The third-order valence-corrected chi connectivity index (χ3v) is 4.74. The Balaban J connectivity index is 1.22. The molecule has 7 heteroatoms. The molecule has 0 N–H and O–H groups in total. The van der Waals surface area contributed by atoms with Crippen molar-refractivity contribution in [2.24, 2.45) is 0 Å². The molecule has 1 aromatic carbocycles. The molecule has 1 saturated heterocycles. The van der Waals surface area contributed by atoms with E-state index in [1.165, 1.54) is 12.1 Å². The van der Waals surface area contributed by atoms with Crippen molar-refractivity contribution in [1.82, 2.24) is 19.9 Å². The van der Waals surface area contributed by atoms with Crippen molar-refractivity contribution in [2.75, 3.05) is 44.2 Å². The normalized spacial score (nSPS) is 15.2. The summed E-state index contributed by atoms with van der Waals surface area (Å²) in [6.45, 7) is 5.51. The van der Waals surface area contributed by atoms with Crippen molar-refractivity contribution in [1.29, 1.82) is 0 Å². The Morgan fingerprint density at radius 1 is 0.926 bits per heavy atom. The second-order valence-corrected chi connectivity index (χ2v) is 6.57. The number of piperazine rings is 1. The van der Waals surface area contributed by atoms with Crippen molar-refractivity contribution in [3.8, 4) is 5.75 Å². The summed E-state index contributed by atoms with van der Waals surface area (Å²) >= 11 is 0. The number of aromatic nitrogens is 3. The fourth-order valence-corrected chi connectivity index (χ4v) is 3.24. The Kier molecular flexibility index (Phi) is 5.39. The van der Waals surface area contributed by atoms with E-state index < -0.39 is 0 Å². The van der Waals surface area contributed by atoms with Crippen LogP contribution in [-0.2, 0) is 0 Å². The lowest BCUT2D eigenvalue weighted by molar-refractivity contribution is 0.224. The van der Waals surface area contributed by atoms with E-state index in [-0.39, 0.29) is 5.82 Å². The zero-order chi connectivity index (χ0) is 18.5. The summed E-state index contributed by atoms with van der Waals surface area (Å²) in [5.74, 6) is 1.43. The number of nitrogens with zero attached hydrogens (tertiary/aromatic N) is 5. The maximum atomic E-state index is 12.9. The van der Waals surface area contributed by atoms with Crippen LogP contribution in [0.15, 0.2) is 48.9 Å². The Bertz CT molecular complexity index is 881. The van der Waals surface area contributed by atoms with Crippen molar-refractivity contribution < 1.29 is 9.13 Å². The summed E-state index contributed by atoms with van der Waals surface area (Å²) in [5, 5.41) is 0. The summed E-state index contributed by atoms with van der Waals surface area (Å²) in [6, 6.07) is 8.17. The van der Waals surface area contributed by atoms with Gasteiger partial charge in [-0.25, -0.2) is 9.37 Å². The smallest absolute Gasteiger partial charge is 0.130 e. The Morgan fingerprint density at radius 2 is 1.67 bits per heavy atom. The van der Waals surface area contributed by atoms with Crippen LogP contribution in [0.1, 0.15) is 6.42 Å². The molecule has 3 aromatic rings. The van der Waals surface area contributed by atoms with Gasteiger partial charge in [0.15, 0.2) is 0 Å². The SMILES string of the molecule is Fc1ccc(OCCCN2CCN(c3cc4nccnc4cn3)CC2)cc1. The molecule has 1 aliphatic rings. The number of hydrogen-bond donors (Lipinski definition) is 0. The van der Waals surface area contributed by atoms with Crippen molar-refractivity contribution >= 4 is 16.9 Å². The van der Waals surface area contributed by atoms with Gasteiger partial charge in [0.05, 0.1) is 18.3 Å². The van der Waals surface area contributed by atoms with Gasteiger partial charge in [-0.2, -0.15) is 0 Å². The van der Waals surface area contributed by atoms with Crippen molar-refractivity contribution in [3.63, 3.8) is 0 Å². The number of anilines is 1. The van der Waals surface area contributed by atoms with Crippen LogP contribution in [0.5, 0.6) is 5.75 Å². The molecule has 0 bridgehead atoms. The van der Waals surface area contributed by atoms with Crippen LogP contribution >= 0.6 is 0 Å². The molecule has 0 unspecified atom stereocenters. The molecule has 1 fully saturated rings. The predicted octanol–water partition coefficient (Wildman–Crippen LogP) is 2.76. The van der Waals surface area contributed by atoms with Crippen LogP contribution in [0.4, 0.5) is 10.2 Å². The summed E-state index contributed by atoms with van der Waals surface area (Å²) in [4.78, 5) is 17.9. The largest absolute Gasteiger partial charge is 0.494 e. The third-order valence-electron chi connectivity index (χ3n) is 4.74. The molecule has 0 aliphatic carbocycles. The zero-order valence-electron chi connectivity index (χ0n) is 15.1. The summed E-state index contributed by atoms with van der Waals surface area (Å²) < 4.78 is 18.5. The van der Waals surface area contributed by atoms with E-state index >= 15 is 0 Å². The molecule has 3 heterocycles. The monoisotopic (exact) mass is 367 g/mol. The highest BCUT2D eigenvalue weighted by atomic mass is 19.1. The van der Waals surface area contributed by atoms with E-state index in [1.54, 1.807) is 30.7 Å². The van der Waals surface area contributed by atoms with E-state index in [4.69, 9.17) is 4.74 Å². The third kappa shape index (κ3) is 4.49. The summed E-state index contributed by atoms with van der Waals surface area (Å²) in [6.07, 6.45) is 6.12. The molecule has 6 nitrogen and oxygen atoms in total. The topological polar surface area (TPSA) is 54.4 Å².